The predicted octanol–water partition coefficient (Wildman–Crippen LogP) is 4.88. The van der Waals surface area contributed by atoms with Crippen LogP contribution in [0.5, 0.6) is 0 Å². The zero-order valence-corrected chi connectivity index (χ0v) is 14.6. The molecule has 0 fully saturated rings. The molecular weight excluding hydrogens is 280 g/mol. The molecule has 2 nitrogen and oxygen atoms in total. The molecule has 0 saturated carbocycles. The molecule has 0 aromatic heterocycles. The van der Waals surface area contributed by atoms with E-state index in [1.165, 1.54) is 31.2 Å². The van der Waals surface area contributed by atoms with Gasteiger partial charge < -0.3 is 5.73 Å². The van der Waals surface area contributed by atoms with Crippen molar-refractivity contribution in [3.63, 3.8) is 0 Å². The van der Waals surface area contributed by atoms with Gasteiger partial charge in [-0.2, -0.15) is 0 Å². The second-order valence-corrected chi connectivity index (χ2v) is 6.46. The highest BCUT2D eigenvalue weighted by Crippen LogP contribution is 2.26. The zero-order valence-electron chi connectivity index (χ0n) is 13.8. The van der Waals surface area contributed by atoms with E-state index in [-0.39, 0.29) is 0 Å². The molecule has 0 radical (unpaired) electrons. The fraction of sp³-hybridized carbons (Fsp3) is 0.667. The minimum atomic E-state index is 0.359. The van der Waals surface area contributed by atoms with Crippen molar-refractivity contribution in [3.8, 4) is 0 Å². The predicted molar refractivity (Wildman–Crippen MR) is 93.8 cm³/mol. The smallest absolute Gasteiger partial charge is 0.0453 e. The first kappa shape index (κ1) is 18.5. The summed E-state index contributed by atoms with van der Waals surface area (Å²) in [6.45, 7) is 6.41. The molecule has 0 heterocycles. The van der Waals surface area contributed by atoms with Crippen LogP contribution in [0.15, 0.2) is 24.3 Å². The largest absolute Gasteiger partial charge is 0.330 e. The molecule has 0 bridgehead atoms. The Hall–Kier alpha value is -0.570. The molecule has 21 heavy (non-hydrogen) atoms. The minimum Gasteiger partial charge on any atom is -0.330 e. The van der Waals surface area contributed by atoms with Crippen LogP contribution in [0.4, 0.5) is 0 Å². The molecule has 3 heteroatoms. The number of hydrogen-bond acceptors (Lipinski definition) is 2. The third kappa shape index (κ3) is 6.37. The van der Waals surface area contributed by atoms with E-state index in [1.807, 2.05) is 12.1 Å². The Morgan fingerprint density at radius 3 is 2.52 bits per heavy atom. The Kier molecular flexibility index (Phi) is 8.98. The van der Waals surface area contributed by atoms with E-state index in [9.17, 15) is 0 Å². The van der Waals surface area contributed by atoms with Crippen LogP contribution < -0.4 is 5.73 Å². The minimum absolute atomic E-state index is 0.359. The van der Waals surface area contributed by atoms with Crippen molar-refractivity contribution in [1.82, 2.24) is 4.90 Å². The maximum atomic E-state index is 6.29. The molecule has 0 amide bonds. The molecule has 0 aliphatic rings. The summed E-state index contributed by atoms with van der Waals surface area (Å²) < 4.78 is 0. The van der Waals surface area contributed by atoms with Crippen molar-refractivity contribution in [2.75, 3.05) is 20.1 Å². The Labute approximate surface area is 135 Å². The van der Waals surface area contributed by atoms with Gasteiger partial charge in [0.15, 0.2) is 0 Å². The van der Waals surface area contributed by atoms with Crippen molar-refractivity contribution < 1.29 is 0 Å². The molecule has 2 N–H and O–H groups in total. The summed E-state index contributed by atoms with van der Waals surface area (Å²) in [5, 5.41) is 0.865. The van der Waals surface area contributed by atoms with E-state index in [0.717, 1.165) is 30.5 Å². The highest BCUT2D eigenvalue weighted by Gasteiger charge is 2.14. The van der Waals surface area contributed by atoms with Crippen LogP contribution in [-0.4, -0.2) is 25.0 Å². The van der Waals surface area contributed by atoms with Crippen LogP contribution in [-0.2, 0) is 0 Å². The Bertz CT molecular complexity index is 389. The average Bonchev–Trinajstić information content (AvgIpc) is 2.47. The normalized spacial score (nSPS) is 14.4. The number of hydrogen-bond donors (Lipinski definition) is 1. The van der Waals surface area contributed by atoms with Gasteiger partial charge in [-0.3, -0.25) is 4.90 Å². The summed E-state index contributed by atoms with van der Waals surface area (Å²) in [5.74, 6) is 0.795. The van der Waals surface area contributed by atoms with Gasteiger partial charge in [0.1, 0.15) is 0 Å². The summed E-state index contributed by atoms with van der Waals surface area (Å²) in [6.07, 6.45) is 6.25. The van der Waals surface area contributed by atoms with E-state index in [2.05, 4.69) is 37.9 Å². The van der Waals surface area contributed by atoms with Gasteiger partial charge in [0.2, 0.25) is 0 Å². The van der Waals surface area contributed by atoms with Crippen LogP contribution in [0.25, 0.3) is 0 Å². The lowest BCUT2D eigenvalue weighted by Crippen LogP contribution is -2.24. The Morgan fingerprint density at radius 2 is 1.90 bits per heavy atom. The quantitative estimate of drug-likeness (QED) is 0.667. The number of benzene rings is 1. The number of halogens is 1. The van der Waals surface area contributed by atoms with E-state index < -0.39 is 0 Å². The molecule has 0 aliphatic heterocycles. The van der Waals surface area contributed by atoms with Crippen molar-refractivity contribution in [1.29, 1.82) is 0 Å². The fourth-order valence-electron chi connectivity index (χ4n) is 2.95. The van der Waals surface area contributed by atoms with Gasteiger partial charge in [0.25, 0.3) is 0 Å². The van der Waals surface area contributed by atoms with Crippen LogP contribution in [0.1, 0.15) is 57.6 Å². The second kappa shape index (κ2) is 10.2. The van der Waals surface area contributed by atoms with Gasteiger partial charge in [0.05, 0.1) is 0 Å². The summed E-state index contributed by atoms with van der Waals surface area (Å²) in [6, 6.07) is 8.50. The lowest BCUT2D eigenvalue weighted by Gasteiger charge is -2.26. The summed E-state index contributed by atoms with van der Waals surface area (Å²) >= 11 is 6.29. The average molecular weight is 311 g/mol. The monoisotopic (exact) mass is 310 g/mol. The van der Waals surface area contributed by atoms with E-state index >= 15 is 0 Å². The van der Waals surface area contributed by atoms with Gasteiger partial charge >= 0.3 is 0 Å². The van der Waals surface area contributed by atoms with Gasteiger partial charge in [-0.05, 0) is 63.9 Å². The summed E-state index contributed by atoms with van der Waals surface area (Å²) in [4.78, 5) is 2.40. The zero-order chi connectivity index (χ0) is 15.7. The van der Waals surface area contributed by atoms with Crippen molar-refractivity contribution >= 4 is 11.6 Å². The number of nitrogens with zero attached hydrogens (tertiary/aromatic N) is 1. The van der Waals surface area contributed by atoms with Gasteiger partial charge in [-0.1, -0.05) is 49.6 Å². The topological polar surface area (TPSA) is 29.3 Å². The molecular formula is C18H31ClN2. The second-order valence-electron chi connectivity index (χ2n) is 6.05. The molecule has 0 saturated heterocycles. The van der Waals surface area contributed by atoms with Gasteiger partial charge in [-0.25, -0.2) is 0 Å². The first-order valence-electron chi connectivity index (χ1n) is 8.24. The number of rotatable bonds is 10. The van der Waals surface area contributed by atoms with E-state index in [1.54, 1.807) is 0 Å². The molecule has 1 rings (SSSR count). The van der Waals surface area contributed by atoms with Crippen molar-refractivity contribution in [2.24, 2.45) is 11.7 Å². The molecule has 2 atom stereocenters. The maximum Gasteiger partial charge on any atom is 0.0453 e. The lowest BCUT2D eigenvalue weighted by atomic mass is 9.94. The lowest BCUT2D eigenvalue weighted by molar-refractivity contribution is 0.246. The van der Waals surface area contributed by atoms with Gasteiger partial charge in [0, 0.05) is 11.1 Å². The Balaban J connectivity index is 2.42. The first-order chi connectivity index (χ1) is 10.1. The molecule has 1 aromatic carbocycles. The molecule has 0 aliphatic carbocycles. The van der Waals surface area contributed by atoms with Crippen LogP contribution in [0, 0.1) is 5.92 Å². The summed E-state index contributed by atoms with van der Waals surface area (Å²) in [7, 11) is 2.19. The van der Waals surface area contributed by atoms with Crippen molar-refractivity contribution in [2.45, 2.75) is 52.0 Å². The fourth-order valence-corrected chi connectivity index (χ4v) is 3.24. The van der Waals surface area contributed by atoms with Gasteiger partial charge in [-0.15, -0.1) is 0 Å². The van der Waals surface area contributed by atoms with E-state index in [0.29, 0.717) is 6.04 Å². The first-order valence-corrected chi connectivity index (χ1v) is 8.62. The SMILES string of the molecule is CCCC(CCN)CCCN(C)C(C)c1ccccc1Cl. The molecule has 2 unspecified atom stereocenters. The maximum absolute atomic E-state index is 6.29. The van der Waals surface area contributed by atoms with E-state index in [4.69, 9.17) is 17.3 Å². The molecule has 0 spiro atoms. The Morgan fingerprint density at radius 1 is 1.19 bits per heavy atom. The highest BCUT2D eigenvalue weighted by molar-refractivity contribution is 6.31. The van der Waals surface area contributed by atoms with Crippen LogP contribution in [0.3, 0.4) is 0 Å². The highest BCUT2D eigenvalue weighted by atomic mass is 35.5. The summed E-state index contributed by atoms with van der Waals surface area (Å²) in [5.41, 5.74) is 6.92. The molecule has 1 aromatic rings. The third-order valence-corrected chi connectivity index (χ3v) is 4.76. The van der Waals surface area contributed by atoms with Crippen LogP contribution in [0.2, 0.25) is 5.02 Å². The molecule has 120 valence electrons. The number of nitrogens with two attached hydrogens (primary N) is 1. The third-order valence-electron chi connectivity index (χ3n) is 4.41. The van der Waals surface area contributed by atoms with Crippen molar-refractivity contribution in [3.05, 3.63) is 34.9 Å². The standard InChI is InChI=1S/C18H31ClN2/c1-4-8-16(12-13-20)9-7-14-21(3)15(2)17-10-5-6-11-18(17)19/h5-6,10-11,15-16H,4,7-9,12-14,20H2,1-3H3. The van der Waals surface area contributed by atoms with Crippen LogP contribution >= 0.6 is 11.6 Å².